The van der Waals surface area contributed by atoms with Crippen molar-refractivity contribution in [3.8, 4) is 5.75 Å². The van der Waals surface area contributed by atoms with Crippen molar-refractivity contribution >= 4 is 23.0 Å². The number of ether oxygens (including phenoxy) is 1. The fourth-order valence-electron chi connectivity index (χ4n) is 2.40. The third-order valence-electron chi connectivity index (χ3n) is 3.67. The Hall–Kier alpha value is -3.69. The van der Waals surface area contributed by atoms with Crippen molar-refractivity contribution in [1.82, 2.24) is 0 Å². The number of carbonyl (C=O) groups excluding carboxylic acids is 1. The molecule has 0 saturated heterocycles. The largest absolute Gasteiger partial charge is 0.508 e. The molecule has 0 radical (unpaired) electrons. The summed E-state index contributed by atoms with van der Waals surface area (Å²) >= 11 is 0. The van der Waals surface area contributed by atoms with Crippen molar-refractivity contribution in [1.29, 1.82) is 0 Å². The van der Waals surface area contributed by atoms with Gasteiger partial charge in [-0.1, -0.05) is 12.1 Å². The van der Waals surface area contributed by atoms with Gasteiger partial charge in [0.25, 0.3) is 11.4 Å². The predicted octanol–water partition coefficient (Wildman–Crippen LogP) is 2.79. The fraction of sp³-hybridized carbons (Fsp3) is 0.235. The van der Waals surface area contributed by atoms with E-state index >= 15 is 0 Å². The van der Waals surface area contributed by atoms with Gasteiger partial charge in [-0.05, 0) is 30.7 Å². The Morgan fingerprint density at radius 2 is 1.81 bits per heavy atom. The second-order valence-corrected chi connectivity index (χ2v) is 5.54. The van der Waals surface area contributed by atoms with E-state index in [-0.39, 0.29) is 24.5 Å². The van der Waals surface area contributed by atoms with Crippen LogP contribution in [0.25, 0.3) is 0 Å². The summed E-state index contributed by atoms with van der Waals surface area (Å²) in [6.07, 6.45) is 0.132. The molecule has 0 fully saturated rings. The molecule has 0 saturated carbocycles. The van der Waals surface area contributed by atoms with Gasteiger partial charge in [0.05, 0.1) is 22.5 Å². The molecule has 10 heteroatoms. The van der Waals surface area contributed by atoms with Gasteiger partial charge < -0.3 is 15.2 Å². The number of hydrogen-bond donors (Lipinski definition) is 2. The normalized spacial score (nSPS) is 11.4. The molecule has 1 atom stereocenters. The van der Waals surface area contributed by atoms with Crippen LogP contribution in [0, 0.1) is 20.2 Å². The zero-order chi connectivity index (χ0) is 20.0. The minimum absolute atomic E-state index is 0.0394. The topological polar surface area (TPSA) is 145 Å². The van der Waals surface area contributed by atoms with Crippen LogP contribution >= 0.6 is 0 Å². The lowest BCUT2D eigenvalue weighted by Crippen LogP contribution is -2.33. The molecule has 1 unspecified atom stereocenters. The van der Waals surface area contributed by atoms with Gasteiger partial charge in [0.15, 0.2) is 0 Å². The van der Waals surface area contributed by atoms with Gasteiger partial charge in [-0.15, -0.1) is 0 Å². The van der Waals surface area contributed by atoms with Crippen LogP contribution in [-0.2, 0) is 16.0 Å². The molecule has 142 valence electrons. The van der Waals surface area contributed by atoms with Gasteiger partial charge in [-0.25, -0.2) is 4.79 Å². The van der Waals surface area contributed by atoms with Crippen LogP contribution in [0.2, 0.25) is 0 Å². The number of rotatable bonds is 8. The molecule has 2 rings (SSSR count). The van der Waals surface area contributed by atoms with Crippen LogP contribution in [0.1, 0.15) is 12.5 Å². The Balaban J connectivity index is 2.33. The quantitative estimate of drug-likeness (QED) is 0.407. The summed E-state index contributed by atoms with van der Waals surface area (Å²) < 4.78 is 5.01. The molecule has 2 aromatic rings. The summed E-state index contributed by atoms with van der Waals surface area (Å²) in [5.41, 5.74) is -0.312. The number of nitro benzene ring substituents is 2. The summed E-state index contributed by atoms with van der Waals surface area (Å²) in [7, 11) is 0. The lowest BCUT2D eigenvalue weighted by molar-refractivity contribution is -0.393. The molecule has 2 N–H and O–H groups in total. The number of nitro groups is 2. The molecule has 0 aliphatic rings. The highest BCUT2D eigenvalue weighted by Gasteiger charge is 2.26. The molecular weight excluding hydrogens is 358 g/mol. The van der Waals surface area contributed by atoms with Crippen LogP contribution in [0.15, 0.2) is 42.5 Å². The first kappa shape index (κ1) is 19.6. The maximum Gasteiger partial charge on any atom is 0.328 e. The first-order valence-corrected chi connectivity index (χ1v) is 7.95. The Bertz CT molecular complexity index is 852. The van der Waals surface area contributed by atoms with Gasteiger partial charge >= 0.3 is 5.97 Å². The van der Waals surface area contributed by atoms with E-state index in [1.165, 1.54) is 18.2 Å². The van der Waals surface area contributed by atoms with Gasteiger partial charge in [0.1, 0.15) is 17.5 Å². The minimum Gasteiger partial charge on any atom is -0.508 e. The Morgan fingerprint density at radius 1 is 1.15 bits per heavy atom. The molecule has 10 nitrogen and oxygen atoms in total. The Labute approximate surface area is 153 Å². The zero-order valence-corrected chi connectivity index (χ0v) is 14.3. The summed E-state index contributed by atoms with van der Waals surface area (Å²) in [5, 5.41) is 34.2. The van der Waals surface area contributed by atoms with E-state index in [2.05, 4.69) is 5.32 Å². The molecule has 2 aromatic carbocycles. The van der Waals surface area contributed by atoms with Gasteiger partial charge in [0, 0.05) is 12.5 Å². The van der Waals surface area contributed by atoms with E-state index in [1.807, 2.05) is 0 Å². The molecule has 27 heavy (non-hydrogen) atoms. The number of esters is 1. The second kappa shape index (κ2) is 8.61. The molecule has 0 bridgehead atoms. The maximum absolute atomic E-state index is 12.3. The Kier molecular flexibility index (Phi) is 6.26. The Morgan fingerprint density at radius 3 is 2.37 bits per heavy atom. The third kappa shape index (κ3) is 5.14. The van der Waals surface area contributed by atoms with Gasteiger partial charge in [0.2, 0.25) is 0 Å². The number of hydrogen-bond acceptors (Lipinski definition) is 8. The highest BCUT2D eigenvalue weighted by molar-refractivity contribution is 5.81. The van der Waals surface area contributed by atoms with E-state index in [4.69, 9.17) is 4.74 Å². The summed E-state index contributed by atoms with van der Waals surface area (Å²) in [4.78, 5) is 32.9. The van der Waals surface area contributed by atoms with Gasteiger partial charge in [-0.2, -0.15) is 0 Å². The number of non-ortho nitro benzene ring substituents is 1. The first-order valence-electron chi connectivity index (χ1n) is 7.95. The van der Waals surface area contributed by atoms with E-state index in [0.29, 0.717) is 5.56 Å². The van der Waals surface area contributed by atoms with E-state index in [0.717, 1.165) is 12.1 Å². The summed E-state index contributed by atoms with van der Waals surface area (Å²) in [5.74, 6) is -0.566. The van der Waals surface area contributed by atoms with E-state index in [1.54, 1.807) is 19.1 Å². The lowest BCUT2D eigenvalue weighted by Gasteiger charge is -2.18. The average Bonchev–Trinajstić information content (AvgIpc) is 2.63. The van der Waals surface area contributed by atoms with Crippen LogP contribution in [0.5, 0.6) is 5.75 Å². The number of phenols is 1. The summed E-state index contributed by atoms with van der Waals surface area (Å²) in [6.45, 7) is 1.75. The average molecular weight is 375 g/mol. The number of carbonyl (C=O) groups is 1. The molecule has 0 aliphatic heterocycles. The van der Waals surface area contributed by atoms with Crippen molar-refractivity contribution in [2.45, 2.75) is 19.4 Å². The van der Waals surface area contributed by atoms with Crippen molar-refractivity contribution in [2.24, 2.45) is 0 Å². The molecule has 0 aromatic heterocycles. The van der Waals surface area contributed by atoms with Gasteiger partial charge in [-0.3, -0.25) is 20.2 Å². The highest BCUT2D eigenvalue weighted by Crippen LogP contribution is 2.30. The smallest absolute Gasteiger partial charge is 0.328 e. The number of aromatic hydroxyl groups is 1. The molecule has 0 amide bonds. The monoisotopic (exact) mass is 375 g/mol. The minimum atomic E-state index is -0.963. The van der Waals surface area contributed by atoms with Crippen LogP contribution in [0.3, 0.4) is 0 Å². The third-order valence-corrected chi connectivity index (χ3v) is 3.67. The van der Waals surface area contributed by atoms with Crippen molar-refractivity contribution in [2.75, 3.05) is 11.9 Å². The number of benzene rings is 2. The number of nitrogens with zero attached hydrogens (tertiary/aromatic N) is 2. The van der Waals surface area contributed by atoms with Crippen LogP contribution in [0.4, 0.5) is 17.1 Å². The van der Waals surface area contributed by atoms with E-state index < -0.39 is 33.2 Å². The summed E-state index contributed by atoms with van der Waals surface area (Å²) in [6, 6.07) is 8.26. The lowest BCUT2D eigenvalue weighted by atomic mass is 10.0. The standard InChI is InChI=1S/C17H17N3O7/c1-2-27-17(22)15(9-11-3-6-13(21)7-4-11)18-14-8-5-12(19(23)24)10-16(14)20(25)26/h3-8,10,15,18,21H,2,9H2,1H3. The van der Waals surface area contributed by atoms with Crippen molar-refractivity contribution in [3.63, 3.8) is 0 Å². The number of phenolic OH excluding ortho intramolecular Hbond substituents is 1. The maximum atomic E-state index is 12.3. The molecule has 0 aliphatic carbocycles. The van der Waals surface area contributed by atoms with Crippen molar-refractivity contribution < 1.29 is 24.5 Å². The number of nitrogens with one attached hydrogen (secondary N) is 1. The molecule has 0 heterocycles. The molecular formula is C17H17N3O7. The van der Waals surface area contributed by atoms with Crippen LogP contribution < -0.4 is 5.32 Å². The predicted molar refractivity (Wildman–Crippen MR) is 95.6 cm³/mol. The first-order chi connectivity index (χ1) is 12.8. The highest BCUT2D eigenvalue weighted by atomic mass is 16.6. The fourth-order valence-corrected chi connectivity index (χ4v) is 2.40. The molecule has 0 spiro atoms. The number of anilines is 1. The van der Waals surface area contributed by atoms with E-state index in [9.17, 15) is 30.1 Å². The van der Waals surface area contributed by atoms with Crippen molar-refractivity contribution in [3.05, 3.63) is 68.3 Å². The van der Waals surface area contributed by atoms with Crippen LogP contribution in [-0.4, -0.2) is 33.6 Å². The zero-order valence-electron chi connectivity index (χ0n) is 14.3. The second-order valence-electron chi connectivity index (χ2n) is 5.54. The SMILES string of the molecule is CCOC(=O)C(Cc1ccc(O)cc1)Nc1ccc([N+](=O)[O-])cc1[N+](=O)[O-].